The van der Waals surface area contributed by atoms with Crippen molar-refractivity contribution in [2.24, 2.45) is 0 Å². The average molecular weight is 271 g/mol. The number of hydrogen-bond donors (Lipinski definition) is 1. The summed E-state index contributed by atoms with van der Waals surface area (Å²) in [6.45, 7) is 1.78. The Hall–Kier alpha value is -1.60. The van der Waals surface area contributed by atoms with Crippen LogP contribution in [0.2, 0.25) is 0 Å². The normalized spacial score (nSPS) is 10.3. The fourth-order valence-electron chi connectivity index (χ4n) is 1.87. The van der Waals surface area contributed by atoms with Gasteiger partial charge in [-0.15, -0.1) is 11.3 Å². The Bertz CT molecular complexity index is 565. The van der Waals surface area contributed by atoms with Crippen LogP contribution < -0.4 is 0 Å². The topological polar surface area (TPSA) is 23.5 Å². The molecule has 0 radical (unpaired) electrons. The van der Waals surface area contributed by atoms with E-state index in [0.717, 1.165) is 18.0 Å². The molecule has 0 aliphatic carbocycles. The zero-order chi connectivity index (χ0) is 13.5. The van der Waals surface area contributed by atoms with Gasteiger partial charge in [0.1, 0.15) is 6.61 Å². The second-order valence-electron chi connectivity index (χ2n) is 4.38. The number of benzene rings is 1. The van der Waals surface area contributed by atoms with E-state index >= 15 is 0 Å². The highest BCUT2D eigenvalue weighted by Crippen LogP contribution is 2.17. The van der Waals surface area contributed by atoms with Crippen molar-refractivity contribution in [3.05, 3.63) is 57.8 Å². The molecule has 0 saturated carbocycles. The standard InChI is InChI=1S/C16H17NOS/c1-17(12-14-6-3-2-4-7-14)13-16-10-9-15(19-16)8-5-11-18/h2-4,6-7,9-10,18H,11-13H2,1H3. The summed E-state index contributed by atoms with van der Waals surface area (Å²) in [6.07, 6.45) is 0. The Morgan fingerprint density at radius 1 is 1.11 bits per heavy atom. The lowest BCUT2D eigenvalue weighted by Crippen LogP contribution is -2.16. The summed E-state index contributed by atoms with van der Waals surface area (Å²) in [5.74, 6) is 5.61. The number of nitrogens with zero attached hydrogens (tertiary/aromatic N) is 1. The van der Waals surface area contributed by atoms with Gasteiger partial charge in [0, 0.05) is 18.0 Å². The molecule has 1 aromatic heterocycles. The molecule has 0 amide bonds. The van der Waals surface area contributed by atoms with Gasteiger partial charge in [0.2, 0.25) is 0 Å². The minimum absolute atomic E-state index is 0.0822. The van der Waals surface area contributed by atoms with Crippen molar-refractivity contribution in [1.82, 2.24) is 4.90 Å². The Morgan fingerprint density at radius 3 is 2.63 bits per heavy atom. The second-order valence-corrected chi connectivity index (χ2v) is 5.55. The van der Waals surface area contributed by atoms with Gasteiger partial charge in [0.15, 0.2) is 0 Å². The molecule has 0 spiro atoms. The zero-order valence-corrected chi connectivity index (χ0v) is 11.8. The maximum atomic E-state index is 8.67. The van der Waals surface area contributed by atoms with Crippen molar-refractivity contribution in [3.63, 3.8) is 0 Å². The molecule has 98 valence electrons. The van der Waals surface area contributed by atoms with Crippen LogP contribution in [0.5, 0.6) is 0 Å². The third-order valence-corrected chi connectivity index (χ3v) is 3.66. The van der Waals surface area contributed by atoms with E-state index in [9.17, 15) is 0 Å². The first-order valence-electron chi connectivity index (χ1n) is 6.19. The lowest BCUT2D eigenvalue weighted by Gasteiger charge is -2.15. The van der Waals surface area contributed by atoms with E-state index in [4.69, 9.17) is 5.11 Å². The van der Waals surface area contributed by atoms with Gasteiger partial charge in [-0.3, -0.25) is 4.90 Å². The Kier molecular flexibility index (Phi) is 5.17. The van der Waals surface area contributed by atoms with Gasteiger partial charge >= 0.3 is 0 Å². The highest BCUT2D eigenvalue weighted by molar-refractivity contribution is 7.12. The SMILES string of the molecule is CN(Cc1ccccc1)Cc1ccc(C#CCO)s1. The molecular formula is C16H17NOS. The fraction of sp³-hybridized carbons (Fsp3) is 0.250. The summed E-state index contributed by atoms with van der Waals surface area (Å²) in [5.41, 5.74) is 1.32. The fourth-order valence-corrected chi connectivity index (χ4v) is 2.84. The maximum Gasteiger partial charge on any atom is 0.104 e. The summed E-state index contributed by atoms with van der Waals surface area (Å²) in [4.78, 5) is 4.59. The molecule has 0 fully saturated rings. The van der Waals surface area contributed by atoms with Crippen molar-refractivity contribution in [2.75, 3.05) is 13.7 Å². The molecule has 0 unspecified atom stereocenters. The Morgan fingerprint density at radius 2 is 1.89 bits per heavy atom. The molecule has 1 aromatic carbocycles. The predicted molar refractivity (Wildman–Crippen MR) is 79.9 cm³/mol. The van der Waals surface area contributed by atoms with Crippen LogP contribution in [0.3, 0.4) is 0 Å². The predicted octanol–water partition coefficient (Wildman–Crippen LogP) is 2.72. The third kappa shape index (κ3) is 4.53. The van der Waals surface area contributed by atoms with Gasteiger partial charge in [-0.1, -0.05) is 42.2 Å². The lowest BCUT2D eigenvalue weighted by atomic mass is 10.2. The van der Waals surface area contributed by atoms with Crippen LogP contribution in [0.15, 0.2) is 42.5 Å². The summed E-state index contributed by atoms with van der Waals surface area (Å²) >= 11 is 1.69. The van der Waals surface area contributed by atoms with Crippen molar-refractivity contribution in [2.45, 2.75) is 13.1 Å². The summed E-state index contributed by atoms with van der Waals surface area (Å²) in [7, 11) is 2.12. The first-order chi connectivity index (χ1) is 9.28. The Balaban J connectivity index is 1.92. The number of hydrogen-bond acceptors (Lipinski definition) is 3. The van der Waals surface area contributed by atoms with Crippen molar-refractivity contribution in [1.29, 1.82) is 0 Å². The minimum atomic E-state index is -0.0822. The monoisotopic (exact) mass is 271 g/mol. The van der Waals surface area contributed by atoms with Crippen molar-refractivity contribution >= 4 is 11.3 Å². The third-order valence-electron chi connectivity index (χ3n) is 2.67. The summed E-state index contributed by atoms with van der Waals surface area (Å²) in [6, 6.07) is 14.6. The molecule has 0 aliphatic heterocycles. The molecule has 2 aromatic rings. The summed E-state index contributed by atoms with van der Waals surface area (Å²) < 4.78 is 0. The van der Waals surface area contributed by atoms with E-state index in [2.05, 4.69) is 54.1 Å². The number of thiophene rings is 1. The van der Waals surface area contributed by atoms with Crippen LogP contribution in [0, 0.1) is 11.8 Å². The van der Waals surface area contributed by atoms with Crippen molar-refractivity contribution in [3.8, 4) is 11.8 Å². The van der Waals surface area contributed by atoms with Crippen LogP contribution >= 0.6 is 11.3 Å². The molecule has 1 N–H and O–H groups in total. The molecule has 3 heteroatoms. The van der Waals surface area contributed by atoms with E-state index in [1.165, 1.54) is 10.4 Å². The number of aliphatic hydroxyl groups excluding tert-OH is 1. The van der Waals surface area contributed by atoms with E-state index in [1.54, 1.807) is 11.3 Å². The lowest BCUT2D eigenvalue weighted by molar-refractivity contribution is 0.322. The molecule has 0 saturated heterocycles. The van der Waals surface area contributed by atoms with Crippen LogP contribution in [0.4, 0.5) is 0 Å². The largest absolute Gasteiger partial charge is 0.384 e. The Labute approximate surface area is 118 Å². The second kappa shape index (κ2) is 7.10. The van der Waals surface area contributed by atoms with Crippen LogP contribution in [0.1, 0.15) is 15.3 Å². The van der Waals surface area contributed by atoms with E-state index in [1.807, 2.05) is 12.1 Å². The van der Waals surface area contributed by atoms with E-state index in [0.29, 0.717) is 0 Å². The maximum absolute atomic E-state index is 8.67. The zero-order valence-electron chi connectivity index (χ0n) is 11.0. The molecule has 19 heavy (non-hydrogen) atoms. The average Bonchev–Trinajstić information content (AvgIpc) is 2.85. The van der Waals surface area contributed by atoms with Crippen LogP contribution in [0.25, 0.3) is 0 Å². The smallest absolute Gasteiger partial charge is 0.104 e. The molecule has 2 nitrogen and oxygen atoms in total. The molecule has 0 atom stereocenters. The number of rotatable bonds is 4. The van der Waals surface area contributed by atoms with E-state index in [-0.39, 0.29) is 6.61 Å². The molecule has 1 heterocycles. The van der Waals surface area contributed by atoms with Gasteiger partial charge in [-0.2, -0.15) is 0 Å². The molecule has 2 rings (SSSR count). The highest BCUT2D eigenvalue weighted by atomic mass is 32.1. The van der Waals surface area contributed by atoms with E-state index < -0.39 is 0 Å². The van der Waals surface area contributed by atoms with Gasteiger partial charge in [0.25, 0.3) is 0 Å². The molecular weight excluding hydrogens is 254 g/mol. The minimum Gasteiger partial charge on any atom is -0.384 e. The summed E-state index contributed by atoms with van der Waals surface area (Å²) in [5, 5.41) is 8.67. The van der Waals surface area contributed by atoms with Crippen LogP contribution in [-0.4, -0.2) is 23.7 Å². The quantitative estimate of drug-likeness (QED) is 0.864. The first-order valence-corrected chi connectivity index (χ1v) is 7.00. The molecule has 0 bridgehead atoms. The molecule has 0 aliphatic rings. The van der Waals surface area contributed by atoms with Crippen molar-refractivity contribution < 1.29 is 5.11 Å². The highest BCUT2D eigenvalue weighted by Gasteiger charge is 2.04. The van der Waals surface area contributed by atoms with Gasteiger partial charge in [0.05, 0.1) is 4.88 Å². The van der Waals surface area contributed by atoms with Gasteiger partial charge < -0.3 is 5.11 Å². The first kappa shape index (κ1) is 13.8. The van der Waals surface area contributed by atoms with Gasteiger partial charge in [-0.05, 0) is 24.7 Å². The van der Waals surface area contributed by atoms with Crippen LogP contribution in [-0.2, 0) is 13.1 Å². The number of aliphatic hydroxyl groups is 1. The van der Waals surface area contributed by atoms with Gasteiger partial charge in [-0.25, -0.2) is 0 Å².